The maximum atomic E-state index is 2.51. The molecule has 2 heteroatoms. The molecule has 0 aliphatic heterocycles. The van der Waals surface area contributed by atoms with E-state index < -0.39 is 0 Å². The van der Waals surface area contributed by atoms with E-state index in [2.05, 4.69) is 32.9 Å². The second-order valence-corrected chi connectivity index (χ2v) is 4.65. The van der Waals surface area contributed by atoms with Gasteiger partial charge in [0, 0.05) is 35.5 Å². The van der Waals surface area contributed by atoms with Crippen molar-refractivity contribution in [1.82, 2.24) is 3.11 Å². The molecule has 1 nitrogen and oxygen atoms in total. The summed E-state index contributed by atoms with van der Waals surface area (Å²) < 4.78 is 2.51. The molecule has 0 amide bonds. The fourth-order valence-electron chi connectivity index (χ4n) is 1.76. The molecule has 0 atom stereocenters. The van der Waals surface area contributed by atoms with Crippen LogP contribution in [0.5, 0.6) is 0 Å². The average Bonchev–Trinajstić information content (AvgIpc) is 2.07. The van der Waals surface area contributed by atoms with Gasteiger partial charge in [0.15, 0.2) is 0 Å². The first-order chi connectivity index (χ1) is 5.34. The molecule has 0 unspecified atom stereocenters. The fraction of sp³-hybridized carbons (Fsp3) is 1.00. The number of hydrogen-bond donors (Lipinski definition) is 0. The molecule has 1 rings (SSSR count). The van der Waals surface area contributed by atoms with Crippen molar-refractivity contribution in [2.75, 3.05) is 6.54 Å². The Kier molecular flexibility index (Phi) is 4.76. The van der Waals surface area contributed by atoms with E-state index in [0.717, 1.165) is 6.04 Å². The highest BCUT2D eigenvalue weighted by atomic mass is 127. The lowest BCUT2D eigenvalue weighted by Gasteiger charge is -2.28. The normalized spacial score (nSPS) is 21.0. The maximum Gasteiger partial charge on any atom is 0.0204 e. The highest BCUT2D eigenvalue weighted by molar-refractivity contribution is 14.1. The maximum absolute atomic E-state index is 2.51. The predicted molar refractivity (Wildman–Crippen MR) is 57.9 cm³/mol. The highest BCUT2D eigenvalue weighted by Gasteiger charge is 2.17. The van der Waals surface area contributed by atoms with Crippen LogP contribution in [0.25, 0.3) is 0 Å². The minimum Gasteiger partial charge on any atom is -0.244 e. The van der Waals surface area contributed by atoms with Crippen molar-refractivity contribution in [3.63, 3.8) is 0 Å². The molecule has 0 saturated heterocycles. The van der Waals surface area contributed by atoms with Crippen molar-refractivity contribution < 1.29 is 0 Å². The monoisotopic (exact) mass is 267 g/mol. The van der Waals surface area contributed by atoms with Crippen molar-refractivity contribution in [2.24, 2.45) is 0 Å². The molecule has 0 bridgehead atoms. The van der Waals surface area contributed by atoms with E-state index in [0.29, 0.717) is 0 Å². The minimum atomic E-state index is 0.893. The van der Waals surface area contributed by atoms with Gasteiger partial charge in [-0.05, 0) is 19.3 Å². The van der Waals surface area contributed by atoms with E-state index in [-0.39, 0.29) is 0 Å². The van der Waals surface area contributed by atoms with E-state index in [1.54, 1.807) is 0 Å². The number of halogens is 1. The quantitative estimate of drug-likeness (QED) is 0.559. The molecule has 66 valence electrons. The third-order valence-electron chi connectivity index (χ3n) is 2.41. The molecule has 1 saturated carbocycles. The van der Waals surface area contributed by atoms with Crippen LogP contribution in [0.4, 0.5) is 0 Å². The summed E-state index contributed by atoms with van der Waals surface area (Å²) in [6.45, 7) is 3.53. The van der Waals surface area contributed by atoms with E-state index in [1.807, 2.05) is 0 Å². The van der Waals surface area contributed by atoms with Crippen LogP contribution in [0.3, 0.4) is 0 Å². The summed E-state index contributed by atoms with van der Waals surface area (Å²) in [5, 5.41) is 0. The molecule has 0 aromatic heterocycles. The molecule has 11 heavy (non-hydrogen) atoms. The van der Waals surface area contributed by atoms with E-state index >= 15 is 0 Å². The van der Waals surface area contributed by atoms with Gasteiger partial charge < -0.3 is 0 Å². The molecule has 0 aromatic carbocycles. The first kappa shape index (κ1) is 9.78. The average molecular weight is 267 g/mol. The van der Waals surface area contributed by atoms with Crippen molar-refractivity contribution in [2.45, 2.75) is 51.5 Å². The largest absolute Gasteiger partial charge is 0.244 e. The minimum absolute atomic E-state index is 0.893. The van der Waals surface area contributed by atoms with Gasteiger partial charge in [0.2, 0.25) is 0 Å². The number of rotatable bonds is 3. The number of nitrogens with zero attached hydrogens (tertiary/aromatic N) is 1. The zero-order valence-corrected chi connectivity index (χ0v) is 9.51. The SMILES string of the molecule is CCCN(I)C1CCCCC1. The van der Waals surface area contributed by atoms with E-state index in [1.165, 1.54) is 45.1 Å². The third kappa shape index (κ3) is 3.28. The Hall–Kier alpha value is 0.690. The van der Waals surface area contributed by atoms with Crippen LogP contribution in [0.1, 0.15) is 45.4 Å². The molecule has 1 aliphatic carbocycles. The topological polar surface area (TPSA) is 3.24 Å². The Bertz CT molecular complexity index is 99.7. The zero-order valence-electron chi connectivity index (χ0n) is 7.35. The van der Waals surface area contributed by atoms with Crippen molar-refractivity contribution in [1.29, 1.82) is 0 Å². The van der Waals surface area contributed by atoms with Gasteiger partial charge in [-0.25, -0.2) is 3.11 Å². The molecule has 0 N–H and O–H groups in total. The zero-order chi connectivity index (χ0) is 8.10. The van der Waals surface area contributed by atoms with Crippen molar-refractivity contribution in [3.05, 3.63) is 0 Å². The standard InChI is InChI=1S/C9H18IN/c1-2-8-11(10)9-6-4-3-5-7-9/h9H,2-8H2,1H3. The smallest absolute Gasteiger partial charge is 0.0204 e. The van der Waals surface area contributed by atoms with Crippen molar-refractivity contribution in [3.8, 4) is 0 Å². The van der Waals surface area contributed by atoms with E-state index in [9.17, 15) is 0 Å². The van der Waals surface area contributed by atoms with Crippen LogP contribution in [-0.2, 0) is 0 Å². The summed E-state index contributed by atoms with van der Waals surface area (Å²) >= 11 is 2.49. The Morgan fingerprint density at radius 3 is 2.45 bits per heavy atom. The molecule has 0 aromatic rings. The Balaban J connectivity index is 2.21. The first-order valence-electron chi connectivity index (χ1n) is 4.77. The van der Waals surface area contributed by atoms with Gasteiger partial charge in [-0.3, -0.25) is 0 Å². The molecule has 0 radical (unpaired) electrons. The lowest BCUT2D eigenvalue weighted by molar-refractivity contribution is 0.293. The summed E-state index contributed by atoms with van der Waals surface area (Å²) in [5.74, 6) is 0. The Labute approximate surface area is 84.0 Å². The van der Waals surface area contributed by atoms with Gasteiger partial charge >= 0.3 is 0 Å². The third-order valence-corrected chi connectivity index (χ3v) is 3.68. The molecular formula is C9H18IN. The second-order valence-electron chi connectivity index (χ2n) is 3.42. The summed E-state index contributed by atoms with van der Waals surface area (Å²) in [7, 11) is 0. The van der Waals surface area contributed by atoms with Gasteiger partial charge in [-0.15, -0.1) is 0 Å². The van der Waals surface area contributed by atoms with Gasteiger partial charge in [0.05, 0.1) is 0 Å². The van der Waals surface area contributed by atoms with Crippen LogP contribution >= 0.6 is 22.9 Å². The van der Waals surface area contributed by atoms with Crippen LogP contribution in [0.2, 0.25) is 0 Å². The summed E-state index contributed by atoms with van der Waals surface area (Å²) in [4.78, 5) is 0. The van der Waals surface area contributed by atoms with Gasteiger partial charge in [0.25, 0.3) is 0 Å². The van der Waals surface area contributed by atoms with Gasteiger partial charge in [0.1, 0.15) is 0 Å². The first-order valence-corrected chi connectivity index (χ1v) is 5.73. The van der Waals surface area contributed by atoms with Gasteiger partial charge in [-0.2, -0.15) is 0 Å². The lowest BCUT2D eigenvalue weighted by atomic mass is 9.95. The molecular weight excluding hydrogens is 249 g/mol. The summed E-state index contributed by atoms with van der Waals surface area (Å²) in [6, 6.07) is 0.893. The van der Waals surface area contributed by atoms with Crippen LogP contribution in [0, 0.1) is 0 Å². The molecule has 0 spiro atoms. The molecule has 0 heterocycles. The fourth-order valence-corrected chi connectivity index (χ4v) is 2.80. The lowest BCUT2D eigenvalue weighted by Crippen LogP contribution is -2.29. The number of hydrogen-bond acceptors (Lipinski definition) is 1. The Morgan fingerprint density at radius 2 is 1.91 bits per heavy atom. The highest BCUT2D eigenvalue weighted by Crippen LogP contribution is 2.24. The second kappa shape index (κ2) is 5.36. The van der Waals surface area contributed by atoms with Gasteiger partial charge in [-0.1, -0.05) is 26.2 Å². The van der Waals surface area contributed by atoms with Crippen LogP contribution < -0.4 is 0 Å². The van der Waals surface area contributed by atoms with Crippen LogP contribution in [0.15, 0.2) is 0 Å². The van der Waals surface area contributed by atoms with Crippen LogP contribution in [-0.4, -0.2) is 15.7 Å². The Morgan fingerprint density at radius 1 is 1.27 bits per heavy atom. The van der Waals surface area contributed by atoms with E-state index in [4.69, 9.17) is 0 Å². The molecule has 1 fully saturated rings. The van der Waals surface area contributed by atoms with Crippen molar-refractivity contribution >= 4 is 22.9 Å². The molecule has 1 aliphatic rings. The summed E-state index contributed by atoms with van der Waals surface area (Å²) in [6.07, 6.45) is 8.53. The summed E-state index contributed by atoms with van der Waals surface area (Å²) in [5.41, 5.74) is 0. The predicted octanol–water partition coefficient (Wildman–Crippen LogP) is 3.38.